The molecule has 3 atom stereocenters. The molecule has 2 saturated heterocycles. The highest BCUT2D eigenvalue weighted by atomic mass is 35.5. The lowest BCUT2D eigenvalue weighted by molar-refractivity contribution is -0.274. The minimum atomic E-state index is -1.48. The first-order valence-corrected chi connectivity index (χ1v) is 17.3. The van der Waals surface area contributed by atoms with E-state index in [0.29, 0.717) is 57.4 Å². The third-order valence-electron chi connectivity index (χ3n) is 9.98. The summed E-state index contributed by atoms with van der Waals surface area (Å²) in [6.45, 7) is 6.09. The van der Waals surface area contributed by atoms with Crippen LogP contribution in [0, 0.1) is 11.7 Å². The van der Waals surface area contributed by atoms with Crippen LogP contribution in [-0.4, -0.2) is 87.5 Å². The van der Waals surface area contributed by atoms with E-state index in [2.05, 4.69) is 10.2 Å². The number of morpholine rings is 1. The highest BCUT2D eigenvalue weighted by molar-refractivity contribution is 6.34. The Hall–Kier alpha value is -3.35. The Morgan fingerprint density at radius 2 is 1.71 bits per heavy atom. The number of ether oxygens (including phenoxy) is 2. The molecule has 3 aromatic rings. The van der Waals surface area contributed by atoms with Crippen LogP contribution in [0.15, 0.2) is 42.6 Å². The molecule has 0 radical (unpaired) electrons. The second-order valence-electron chi connectivity index (χ2n) is 13.5. The fourth-order valence-electron chi connectivity index (χ4n) is 7.69. The highest BCUT2D eigenvalue weighted by Gasteiger charge is 2.54. The van der Waals surface area contributed by atoms with Crippen molar-refractivity contribution in [1.29, 1.82) is 0 Å². The predicted octanol–water partition coefficient (Wildman–Crippen LogP) is 5.85. The van der Waals surface area contributed by atoms with Crippen molar-refractivity contribution in [1.82, 2.24) is 14.4 Å². The number of nitrogens with zero attached hydrogens (tertiary/aromatic N) is 3. The Labute approximate surface area is 285 Å². The van der Waals surface area contributed by atoms with Gasteiger partial charge in [0.25, 0.3) is 5.91 Å². The molecule has 10 nitrogen and oxygen atoms in total. The number of ketones is 1. The van der Waals surface area contributed by atoms with Crippen LogP contribution in [0.1, 0.15) is 68.3 Å². The van der Waals surface area contributed by atoms with Crippen LogP contribution in [0.4, 0.5) is 10.1 Å². The molecule has 0 spiro atoms. The number of hydrogen-bond donors (Lipinski definition) is 2. The van der Waals surface area contributed by atoms with Crippen molar-refractivity contribution in [2.45, 2.75) is 83.0 Å². The number of para-hydroxylation sites is 1. The summed E-state index contributed by atoms with van der Waals surface area (Å²) in [5.74, 6) is -4.12. The molecule has 1 unspecified atom stereocenters. The average Bonchev–Trinajstić information content (AvgIpc) is 3.71. The van der Waals surface area contributed by atoms with E-state index in [4.69, 9.17) is 21.1 Å². The predicted molar refractivity (Wildman–Crippen MR) is 181 cm³/mol. The van der Waals surface area contributed by atoms with Gasteiger partial charge in [-0.1, -0.05) is 29.8 Å². The first kappa shape index (κ1) is 34.5. The second kappa shape index (κ2) is 14.2. The minimum Gasteiger partial charge on any atom is -0.481 e. The van der Waals surface area contributed by atoms with Crippen LogP contribution in [0.3, 0.4) is 0 Å². The van der Waals surface area contributed by atoms with Gasteiger partial charge < -0.3 is 24.5 Å². The van der Waals surface area contributed by atoms with Gasteiger partial charge in [0.05, 0.1) is 40.5 Å². The third-order valence-corrected chi connectivity index (χ3v) is 10.3. The summed E-state index contributed by atoms with van der Waals surface area (Å²) in [6.07, 6.45) is 4.53. The van der Waals surface area contributed by atoms with Crippen molar-refractivity contribution in [2.75, 3.05) is 31.5 Å². The molecule has 3 heterocycles. The van der Waals surface area contributed by atoms with Crippen LogP contribution >= 0.6 is 11.6 Å². The van der Waals surface area contributed by atoms with Crippen LogP contribution in [-0.2, 0) is 32.5 Å². The fraction of sp³-hybridized carbons (Fsp3) is 0.528. The smallest absolute Gasteiger partial charge is 0.306 e. The summed E-state index contributed by atoms with van der Waals surface area (Å²) >= 11 is 6.65. The summed E-state index contributed by atoms with van der Waals surface area (Å²) in [6, 6.07) is 10.1. The largest absolute Gasteiger partial charge is 0.481 e. The third kappa shape index (κ3) is 6.89. The van der Waals surface area contributed by atoms with E-state index in [1.54, 1.807) is 6.20 Å². The van der Waals surface area contributed by atoms with Gasteiger partial charge in [-0.3, -0.25) is 24.2 Å². The van der Waals surface area contributed by atoms with E-state index in [0.717, 1.165) is 23.7 Å². The van der Waals surface area contributed by atoms with Crippen LogP contribution in [0.25, 0.3) is 10.9 Å². The topological polar surface area (TPSA) is 113 Å². The normalized spacial score (nSPS) is 25.2. The number of fused-ring (bicyclic) bond motifs is 1. The molecular formula is C36H44ClFN4O6. The van der Waals surface area contributed by atoms with Crippen molar-refractivity contribution in [3.8, 4) is 0 Å². The van der Waals surface area contributed by atoms with Gasteiger partial charge in [0, 0.05) is 56.7 Å². The first-order chi connectivity index (χ1) is 23.0. The molecule has 258 valence electrons. The highest BCUT2D eigenvalue weighted by Crippen LogP contribution is 2.38. The molecule has 1 aliphatic carbocycles. The Morgan fingerprint density at radius 3 is 2.38 bits per heavy atom. The van der Waals surface area contributed by atoms with Crippen molar-refractivity contribution >= 4 is 45.9 Å². The zero-order valence-electron chi connectivity index (χ0n) is 27.7. The molecule has 0 bridgehead atoms. The van der Waals surface area contributed by atoms with Gasteiger partial charge in [-0.15, -0.1) is 0 Å². The fourth-order valence-corrected chi connectivity index (χ4v) is 7.93. The number of aliphatic carboxylic acids is 1. The number of halogens is 2. The molecule has 1 aromatic heterocycles. The van der Waals surface area contributed by atoms with Gasteiger partial charge in [0.2, 0.25) is 5.85 Å². The summed E-state index contributed by atoms with van der Waals surface area (Å²) < 4.78 is 30.7. The van der Waals surface area contributed by atoms with Crippen molar-refractivity contribution in [3.63, 3.8) is 0 Å². The number of carbonyl (C=O) groups is 3. The standard InChI is InChI=1S/C36H44ClFN4O6/c1-22-19-42(20-23(2)47-22)36(41-14-6-7-15-41,48-26-12-10-24(11-13-26)35(45)46)33(43)17-25-16-29(37)31(18-30(25)38)39-34(44)28-21-40(3)32-9-5-4-8-27(28)32/h4-5,8-9,16,18,21-24,26H,6-7,10-15,17,19-20H2,1-3H3,(H,39,44)(H,45,46)/t22-,23+,24-,26-,36?. The number of carbonyl (C=O) groups excluding carboxylic acids is 2. The lowest BCUT2D eigenvalue weighted by Gasteiger charge is -2.52. The SMILES string of the molecule is C[C@@H]1CN(C(O[C@H]2CC[C@H](C(=O)O)CC2)(C(=O)Cc2cc(Cl)c(NC(=O)c3cn(C)c4ccccc34)cc2F)N2CCCC2)C[C@H](C)O1. The van der Waals surface area contributed by atoms with Crippen molar-refractivity contribution in [3.05, 3.63) is 64.6 Å². The molecule has 3 aliphatic rings. The number of carboxylic acid groups (broad SMARTS) is 1. The Balaban J connectivity index is 1.29. The Bertz CT molecular complexity index is 1670. The average molecular weight is 683 g/mol. The number of likely N-dealkylation sites (tertiary alicyclic amines) is 1. The van der Waals surface area contributed by atoms with E-state index in [-0.39, 0.29) is 46.8 Å². The van der Waals surface area contributed by atoms with Gasteiger partial charge in [-0.05, 0) is 76.1 Å². The van der Waals surface area contributed by atoms with Crippen molar-refractivity contribution < 1.29 is 33.4 Å². The summed E-state index contributed by atoms with van der Waals surface area (Å²) in [5, 5.41) is 13.2. The van der Waals surface area contributed by atoms with E-state index in [1.165, 1.54) is 12.1 Å². The number of amides is 1. The number of anilines is 1. The number of benzene rings is 2. The zero-order chi connectivity index (χ0) is 34.2. The maximum absolute atomic E-state index is 15.9. The molecular weight excluding hydrogens is 639 g/mol. The molecule has 2 N–H and O–H groups in total. The molecule has 12 heteroatoms. The van der Waals surface area contributed by atoms with Crippen LogP contribution in [0.2, 0.25) is 5.02 Å². The molecule has 3 fully saturated rings. The summed E-state index contributed by atoms with van der Waals surface area (Å²) in [4.78, 5) is 43.9. The van der Waals surface area contributed by atoms with E-state index >= 15 is 4.39 Å². The molecule has 48 heavy (non-hydrogen) atoms. The van der Waals surface area contributed by atoms with Gasteiger partial charge in [-0.25, -0.2) is 4.39 Å². The van der Waals surface area contributed by atoms with E-state index < -0.39 is 29.5 Å². The second-order valence-corrected chi connectivity index (χ2v) is 13.9. The molecule has 1 saturated carbocycles. The van der Waals surface area contributed by atoms with Gasteiger partial charge in [-0.2, -0.15) is 0 Å². The van der Waals surface area contributed by atoms with Crippen LogP contribution < -0.4 is 5.32 Å². The number of hydrogen-bond acceptors (Lipinski definition) is 7. The lowest BCUT2D eigenvalue weighted by atomic mass is 9.87. The van der Waals surface area contributed by atoms with Crippen LogP contribution in [0.5, 0.6) is 0 Å². The minimum absolute atomic E-state index is 0.101. The molecule has 2 aromatic carbocycles. The van der Waals surface area contributed by atoms with Gasteiger partial charge in [0.1, 0.15) is 5.82 Å². The molecule has 2 aliphatic heterocycles. The number of rotatable bonds is 10. The van der Waals surface area contributed by atoms with Gasteiger partial charge >= 0.3 is 5.97 Å². The molecule has 1 amide bonds. The van der Waals surface area contributed by atoms with E-state index in [9.17, 15) is 19.5 Å². The molecule has 6 rings (SSSR count). The number of carboxylic acids is 1. The van der Waals surface area contributed by atoms with Gasteiger partial charge in [0.15, 0.2) is 5.78 Å². The maximum atomic E-state index is 15.9. The monoisotopic (exact) mass is 682 g/mol. The number of aromatic nitrogens is 1. The Morgan fingerprint density at radius 1 is 1.04 bits per heavy atom. The summed E-state index contributed by atoms with van der Waals surface area (Å²) in [7, 11) is 1.85. The quantitative estimate of drug-likeness (QED) is 0.274. The van der Waals surface area contributed by atoms with E-state index in [1.807, 2.05) is 54.6 Å². The first-order valence-electron chi connectivity index (χ1n) is 16.9. The Kier molecular flexibility index (Phi) is 10.2. The number of Topliss-reactive ketones (excluding diaryl/α,β-unsaturated/α-hetero) is 1. The summed E-state index contributed by atoms with van der Waals surface area (Å²) in [5.41, 5.74) is 1.53. The van der Waals surface area contributed by atoms with Crippen molar-refractivity contribution in [2.24, 2.45) is 13.0 Å². The number of nitrogens with one attached hydrogen (secondary N) is 1. The number of aryl methyl sites for hydroxylation is 1. The maximum Gasteiger partial charge on any atom is 0.306 e. The zero-order valence-corrected chi connectivity index (χ0v) is 28.5. The lowest BCUT2D eigenvalue weighted by Crippen LogP contribution is -2.71.